The molecule has 1 aromatic carbocycles. The van der Waals surface area contributed by atoms with Crippen LogP contribution in [0.2, 0.25) is 0 Å². The second-order valence-corrected chi connectivity index (χ2v) is 4.65. The molecular weight excluding hydrogens is 240 g/mol. The van der Waals surface area contributed by atoms with Gasteiger partial charge in [0.1, 0.15) is 0 Å². The quantitative estimate of drug-likeness (QED) is 0.848. The average Bonchev–Trinajstić information content (AvgIpc) is 2.64. The van der Waals surface area contributed by atoms with Crippen molar-refractivity contribution in [1.82, 2.24) is 5.32 Å². The lowest BCUT2D eigenvalue weighted by Gasteiger charge is -2.13. The zero-order valence-corrected chi connectivity index (χ0v) is 9.89. The van der Waals surface area contributed by atoms with Gasteiger partial charge in [0.15, 0.2) is 0 Å². The van der Waals surface area contributed by atoms with Crippen LogP contribution >= 0.6 is 15.9 Å². The minimum atomic E-state index is 0.593. The molecule has 2 nitrogen and oxygen atoms in total. The van der Waals surface area contributed by atoms with E-state index in [1.165, 1.54) is 22.1 Å². The predicted molar refractivity (Wildman–Crippen MR) is 63.8 cm³/mol. The molecule has 1 aromatic rings. The van der Waals surface area contributed by atoms with E-state index in [2.05, 4.69) is 51.7 Å². The van der Waals surface area contributed by atoms with E-state index in [0.29, 0.717) is 6.04 Å². The summed E-state index contributed by atoms with van der Waals surface area (Å²) >= 11 is 3.50. The van der Waals surface area contributed by atoms with E-state index in [9.17, 15) is 0 Å². The molecule has 1 saturated heterocycles. The number of hydrogen-bond donors (Lipinski definition) is 2. The van der Waals surface area contributed by atoms with Gasteiger partial charge < -0.3 is 10.6 Å². The highest BCUT2D eigenvalue weighted by Gasteiger charge is 2.13. The summed E-state index contributed by atoms with van der Waals surface area (Å²) in [6.07, 6.45) is 1.22. The molecule has 0 saturated carbocycles. The van der Waals surface area contributed by atoms with Crippen LogP contribution in [0.5, 0.6) is 0 Å². The molecular formula is C11H15BrN2. The lowest BCUT2D eigenvalue weighted by Crippen LogP contribution is -2.22. The van der Waals surface area contributed by atoms with E-state index in [1.54, 1.807) is 0 Å². The van der Waals surface area contributed by atoms with Gasteiger partial charge in [-0.1, -0.05) is 15.9 Å². The van der Waals surface area contributed by atoms with Crippen molar-refractivity contribution in [2.45, 2.75) is 19.4 Å². The normalized spacial score (nSPS) is 21.1. The molecule has 0 aromatic heterocycles. The first-order valence-electron chi connectivity index (χ1n) is 4.99. The molecule has 1 unspecified atom stereocenters. The summed E-state index contributed by atoms with van der Waals surface area (Å²) < 4.78 is 1.17. The maximum Gasteiger partial charge on any atom is 0.0398 e. The summed E-state index contributed by atoms with van der Waals surface area (Å²) in [4.78, 5) is 0. The van der Waals surface area contributed by atoms with Crippen LogP contribution in [0.1, 0.15) is 12.0 Å². The van der Waals surface area contributed by atoms with Crippen molar-refractivity contribution in [3.8, 4) is 0 Å². The van der Waals surface area contributed by atoms with Crippen LogP contribution in [0.3, 0.4) is 0 Å². The summed E-state index contributed by atoms with van der Waals surface area (Å²) in [5.74, 6) is 0. The van der Waals surface area contributed by atoms with Crippen LogP contribution in [0, 0.1) is 6.92 Å². The van der Waals surface area contributed by atoms with Gasteiger partial charge in [0.2, 0.25) is 0 Å². The molecule has 1 aliphatic heterocycles. The predicted octanol–water partition coefficient (Wildman–Crippen LogP) is 2.53. The van der Waals surface area contributed by atoms with Crippen LogP contribution in [0.15, 0.2) is 22.7 Å². The highest BCUT2D eigenvalue weighted by atomic mass is 79.9. The van der Waals surface area contributed by atoms with Gasteiger partial charge in [-0.3, -0.25) is 0 Å². The number of rotatable bonds is 2. The second kappa shape index (κ2) is 4.32. The van der Waals surface area contributed by atoms with Crippen molar-refractivity contribution in [3.05, 3.63) is 28.2 Å². The number of benzene rings is 1. The van der Waals surface area contributed by atoms with Gasteiger partial charge in [-0.05, 0) is 43.7 Å². The van der Waals surface area contributed by atoms with Gasteiger partial charge in [-0.2, -0.15) is 0 Å². The maximum atomic E-state index is 3.53. The highest BCUT2D eigenvalue weighted by molar-refractivity contribution is 9.10. The lowest BCUT2D eigenvalue weighted by atomic mass is 10.2. The smallest absolute Gasteiger partial charge is 0.0398 e. The summed E-state index contributed by atoms with van der Waals surface area (Å²) in [6, 6.07) is 6.99. The molecule has 76 valence electrons. The molecule has 1 atom stereocenters. The van der Waals surface area contributed by atoms with Crippen molar-refractivity contribution in [3.63, 3.8) is 0 Å². The molecule has 0 amide bonds. The maximum absolute atomic E-state index is 3.53. The first-order chi connectivity index (χ1) is 6.75. The molecule has 3 heteroatoms. The highest BCUT2D eigenvalue weighted by Crippen LogP contribution is 2.21. The largest absolute Gasteiger partial charge is 0.381 e. The molecule has 0 spiro atoms. The lowest BCUT2D eigenvalue weighted by molar-refractivity contribution is 0.793. The number of anilines is 1. The Balaban J connectivity index is 2.05. The van der Waals surface area contributed by atoms with E-state index in [0.717, 1.165) is 13.1 Å². The molecule has 0 aliphatic carbocycles. The number of hydrogen-bond acceptors (Lipinski definition) is 2. The van der Waals surface area contributed by atoms with E-state index >= 15 is 0 Å². The average molecular weight is 255 g/mol. The standard InChI is InChI=1S/C11H15BrN2/c1-8-6-9(2-3-11(8)12)14-10-4-5-13-7-10/h2-3,6,10,13-14H,4-5,7H2,1H3. The topological polar surface area (TPSA) is 24.1 Å². The van der Waals surface area contributed by atoms with Gasteiger partial charge in [-0.15, -0.1) is 0 Å². The summed E-state index contributed by atoms with van der Waals surface area (Å²) in [5.41, 5.74) is 2.50. The van der Waals surface area contributed by atoms with Crippen LogP contribution < -0.4 is 10.6 Å². The molecule has 2 rings (SSSR count). The molecule has 0 radical (unpaired) electrons. The van der Waals surface area contributed by atoms with E-state index in [1.807, 2.05) is 0 Å². The third-order valence-corrected chi connectivity index (χ3v) is 3.48. The first-order valence-corrected chi connectivity index (χ1v) is 5.78. The molecule has 1 fully saturated rings. The Kier molecular flexibility index (Phi) is 3.08. The van der Waals surface area contributed by atoms with Gasteiger partial charge in [0.25, 0.3) is 0 Å². The Morgan fingerprint density at radius 2 is 2.36 bits per heavy atom. The van der Waals surface area contributed by atoms with Crippen LogP contribution in [0.25, 0.3) is 0 Å². The Morgan fingerprint density at radius 1 is 1.50 bits per heavy atom. The fourth-order valence-corrected chi connectivity index (χ4v) is 1.99. The van der Waals surface area contributed by atoms with Crippen LogP contribution in [-0.2, 0) is 0 Å². The third-order valence-electron chi connectivity index (χ3n) is 2.59. The van der Waals surface area contributed by atoms with E-state index < -0.39 is 0 Å². The zero-order valence-electron chi connectivity index (χ0n) is 8.31. The Hall–Kier alpha value is -0.540. The van der Waals surface area contributed by atoms with Gasteiger partial charge in [0.05, 0.1) is 0 Å². The summed E-state index contributed by atoms with van der Waals surface area (Å²) in [6.45, 7) is 4.32. The van der Waals surface area contributed by atoms with Crippen molar-refractivity contribution >= 4 is 21.6 Å². The second-order valence-electron chi connectivity index (χ2n) is 3.80. The van der Waals surface area contributed by atoms with E-state index in [-0.39, 0.29) is 0 Å². The first kappa shape index (κ1) is 9.99. The van der Waals surface area contributed by atoms with Gasteiger partial charge in [0, 0.05) is 22.7 Å². The zero-order chi connectivity index (χ0) is 9.97. The monoisotopic (exact) mass is 254 g/mol. The Labute approximate surface area is 93.2 Å². The minimum absolute atomic E-state index is 0.593. The molecule has 14 heavy (non-hydrogen) atoms. The fourth-order valence-electron chi connectivity index (χ4n) is 1.75. The van der Waals surface area contributed by atoms with Crippen molar-refractivity contribution < 1.29 is 0 Å². The Morgan fingerprint density at radius 3 is 3.00 bits per heavy atom. The third kappa shape index (κ3) is 2.28. The van der Waals surface area contributed by atoms with Crippen LogP contribution in [-0.4, -0.2) is 19.1 Å². The summed E-state index contributed by atoms with van der Waals surface area (Å²) in [5, 5.41) is 6.87. The molecule has 1 aliphatic rings. The van der Waals surface area contributed by atoms with Gasteiger partial charge >= 0.3 is 0 Å². The fraction of sp³-hybridized carbons (Fsp3) is 0.455. The van der Waals surface area contributed by atoms with E-state index in [4.69, 9.17) is 0 Å². The number of halogens is 1. The number of aryl methyl sites for hydroxylation is 1. The SMILES string of the molecule is Cc1cc(NC2CCNC2)ccc1Br. The minimum Gasteiger partial charge on any atom is -0.381 e. The number of nitrogens with one attached hydrogen (secondary N) is 2. The van der Waals surface area contributed by atoms with Gasteiger partial charge in [-0.25, -0.2) is 0 Å². The van der Waals surface area contributed by atoms with Crippen molar-refractivity contribution in [2.24, 2.45) is 0 Å². The van der Waals surface area contributed by atoms with Crippen molar-refractivity contribution in [2.75, 3.05) is 18.4 Å². The summed E-state index contributed by atoms with van der Waals surface area (Å²) in [7, 11) is 0. The molecule has 0 bridgehead atoms. The molecule has 2 N–H and O–H groups in total. The van der Waals surface area contributed by atoms with Crippen LogP contribution in [0.4, 0.5) is 5.69 Å². The Bertz CT molecular complexity index is 319. The molecule has 1 heterocycles. The van der Waals surface area contributed by atoms with Crippen molar-refractivity contribution in [1.29, 1.82) is 0 Å².